The van der Waals surface area contributed by atoms with Crippen LogP contribution in [0, 0.1) is 11.8 Å². The van der Waals surface area contributed by atoms with Gasteiger partial charge in [-0.05, 0) is 49.4 Å². The van der Waals surface area contributed by atoms with E-state index in [2.05, 4.69) is 0 Å². The van der Waals surface area contributed by atoms with E-state index in [9.17, 15) is 20.1 Å². The zero-order chi connectivity index (χ0) is 21.2. The monoisotopic (exact) mass is 424 g/mol. The molecule has 1 saturated carbocycles. The van der Waals surface area contributed by atoms with Crippen molar-refractivity contribution in [1.29, 1.82) is 0 Å². The average molecular weight is 425 g/mol. The van der Waals surface area contributed by atoms with Gasteiger partial charge in [0.15, 0.2) is 0 Å². The van der Waals surface area contributed by atoms with E-state index in [1.54, 1.807) is 36.4 Å². The molecule has 0 radical (unpaired) electrons. The summed E-state index contributed by atoms with van der Waals surface area (Å²) in [6.45, 7) is 0.0671. The van der Waals surface area contributed by atoms with Crippen molar-refractivity contribution >= 4 is 17.6 Å². The van der Waals surface area contributed by atoms with Crippen molar-refractivity contribution in [2.75, 3.05) is 6.61 Å². The standard InChI is InChI=1S/C22H29ClO6/c23-15-7-10-17(11-8-15)29-14-16(24)9-12-19-18(20(25)13-21(19)26)5-3-1-2-4-6-22(27)28/h1,3,7-12,16,18-21,24-26H,2,4-6,13-14H2,(H,27,28)/b3-1-,12-9+/t16-,18-,19-,20+,21-/m1/s1. The highest BCUT2D eigenvalue weighted by molar-refractivity contribution is 6.30. The molecule has 1 aliphatic carbocycles. The molecule has 0 saturated heterocycles. The van der Waals surface area contributed by atoms with Crippen LogP contribution in [-0.4, -0.2) is 51.3 Å². The number of halogens is 1. The van der Waals surface area contributed by atoms with Crippen molar-refractivity contribution in [2.45, 2.75) is 50.4 Å². The molecular weight excluding hydrogens is 396 g/mol. The Morgan fingerprint density at radius 2 is 1.93 bits per heavy atom. The fourth-order valence-corrected chi connectivity index (χ4v) is 3.60. The van der Waals surface area contributed by atoms with Gasteiger partial charge in [-0.3, -0.25) is 4.79 Å². The van der Waals surface area contributed by atoms with Crippen molar-refractivity contribution in [2.24, 2.45) is 11.8 Å². The lowest BCUT2D eigenvalue weighted by Crippen LogP contribution is -2.21. The van der Waals surface area contributed by atoms with E-state index < -0.39 is 24.3 Å². The molecule has 2 rings (SSSR count). The molecule has 4 N–H and O–H groups in total. The number of aliphatic carboxylic acids is 1. The Balaban J connectivity index is 1.82. The van der Waals surface area contributed by atoms with Crippen molar-refractivity contribution in [3.05, 3.63) is 53.6 Å². The molecule has 0 spiro atoms. The first-order valence-electron chi connectivity index (χ1n) is 9.84. The number of benzene rings is 1. The molecule has 0 unspecified atom stereocenters. The van der Waals surface area contributed by atoms with Crippen molar-refractivity contribution in [1.82, 2.24) is 0 Å². The minimum absolute atomic E-state index is 0.0671. The first-order chi connectivity index (χ1) is 13.9. The number of carboxylic acids is 1. The Morgan fingerprint density at radius 3 is 2.62 bits per heavy atom. The van der Waals surface area contributed by atoms with Gasteiger partial charge in [0, 0.05) is 23.8 Å². The van der Waals surface area contributed by atoms with Gasteiger partial charge in [-0.1, -0.05) is 35.9 Å². The number of ether oxygens (including phenoxy) is 1. The van der Waals surface area contributed by atoms with Gasteiger partial charge in [0.1, 0.15) is 18.5 Å². The summed E-state index contributed by atoms with van der Waals surface area (Å²) in [6, 6.07) is 6.84. The number of allylic oxidation sites excluding steroid dienone is 2. The molecular formula is C22H29ClO6. The van der Waals surface area contributed by atoms with Crippen LogP contribution in [0.1, 0.15) is 32.1 Å². The van der Waals surface area contributed by atoms with Crippen LogP contribution in [-0.2, 0) is 4.79 Å². The predicted octanol–water partition coefficient (Wildman–Crippen LogP) is 3.20. The van der Waals surface area contributed by atoms with E-state index in [4.69, 9.17) is 21.4 Å². The number of carbonyl (C=O) groups is 1. The van der Waals surface area contributed by atoms with Gasteiger partial charge < -0.3 is 25.2 Å². The molecule has 5 atom stereocenters. The highest BCUT2D eigenvalue weighted by Gasteiger charge is 2.39. The number of unbranched alkanes of at least 4 members (excludes halogenated alkanes) is 1. The highest BCUT2D eigenvalue weighted by Crippen LogP contribution is 2.36. The molecule has 0 aromatic heterocycles. The Hall–Kier alpha value is -1.86. The maximum absolute atomic E-state index is 10.5. The molecule has 1 aromatic carbocycles. The predicted molar refractivity (Wildman–Crippen MR) is 111 cm³/mol. The van der Waals surface area contributed by atoms with Gasteiger partial charge in [0.2, 0.25) is 0 Å². The summed E-state index contributed by atoms with van der Waals surface area (Å²) in [4.78, 5) is 10.5. The van der Waals surface area contributed by atoms with Gasteiger partial charge in [0.25, 0.3) is 0 Å². The van der Waals surface area contributed by atoms with Crippen LogP contribution < -0.4 is 4.74 Å². The largest absolute Gasteiger partial charge is 0.491 e. The maximum atomic E-state index is 10.5. The summed E-state index contributed by atoms with van der Waals surface area (Å²) < 4.78 is 5.51. The van der Waals surface area contributed by atoms with E-state index in [1.165, 1.54) is 0 Å². The second-order valence-electron chi connectivity index (χ2n) is 7.32. The lowest BCUT2D eigenvalue weighted by Gasteiger charge is -2.19. The molecule has 29 heavy (non-hydrogen) atoms. The van der Waals surface area contributed by atoms with Crippen LogP contribution in [0.15, 0.2) is 48.6 Å². The zero-order valence-corrected chi connectivity index (χ0v) is 17.0. The van der Waals surface area contributed by atoms with Crippen LogP contribution in [0.25, 0.3) is 0 Å². The molecule has 0 amide bonds. The van der Waals surface area contributed by atoms with Crippen molar-refractivity contribution < 1.29 is 30.0 Å². The first-order valence-corrected chi connectivity index (χ1v) is 10.2. The van der Waals surface area contributed by atoms with Gasteiger partial charge in [0.05, 0.1) is 12.2 Å². The number of aliphatic hydroxyl groups excluding tert-OH is 3. The second kappa shape index (κ2) is 12.0. The normalized spacial score (nSPS) is 25.7. The Bertz CT molecular complexity index is 687. The van der Waals surface area contributed by atoms with Crippen LogP contribution in [0.5, 0.6) is 5.75 Å². The maximum Gasteiger partial charge on any atom is 0.303 e. The molecule has 160 valence electrons. The number of hydrogen-bond acceptors (Lipinski definition) is 5. The minimum atomic E-state index is -0.845. The number of hydrogen-bond donors (Lipinski definition) is 4. The van der Waals surface area contributed by atoms with E-state index in [0.29, 0.717) is 36.5 Å². The summed E-state index contributed by atoms with van der Waals surface area (Å²) >= 11 is 5.82. The third kappa shape index (κ3) is 8.19. The summed E-state index contributed by atoms with van der Waals surface area (Å²) in [6.07, 6.45) is 7.29. The van der Waals surface area contributed by atoms with Gasteiger partial charge >= 0.3 is 5.97 Å². The van der Waals surface area contributed by atoms with Crippen molar-refractivity contribution in [3.8, 4) is 5.75 Å². The smallest absolute Gasteiger partial charge is 0.303 e. The summed E-state index contributed by atoms with van der Waals surface area (Å²) in [5.41, 5.74) is 0. The van der Waals surface area contributed by atoms with E-state index >= 15 is 0 Å². The topological polar surface area (TPSA) is 107 Å². The Kier molecular flexibility index (Phi) is 9.67. The van der Waals surface area contributed by atoms with Gasteiger partial charge in [-0.2, -0.15) is 0 Å². The van der Waals surface area contributed by atoms with Crippen LogP contribution in [0.4, 0.5) is 0 Å². The van der Waals surface area contributed by atoms with E-state index in [-0.39, 0.29) is 24.9 Å². The van der Waals surface area contributed by atoms with E-state index in [1.807, 2.05) is 12.2 Å². The number of rotatable bonds is 11. The molecule has 7 heteroatoms. The number of carboxylic acid groups (broad SMARTS) is 1. The molecule has 6 nitrogen and oxygen atoms in total. The fourth-order valence-electron chi connectivity index (χ4n) is 3.47. The van der Waals surface area contributed by atoms with Crippen LogP contribution >= 0.6 is 11.6 Å². The lowest BCUT2D eigenvalue weighted by atomic mass is 9.89. The quantitative estimate of drug-likeness (QED) is 0.321. The van der Waals surface area contributed by atoms with E-state index in [0.717, 1.165) is 0 Å². The minimum Gasteiger partial charge on any atom is -0.491 e. The molecule has 1 fully saturated rings. The zero-order valence-electron chi connectivity index (χ0n) is 16.2. The molecule has 0 aliphatic heterocycles. The summed E-state index contributed by atoms with van der Waals surface area (Å²) in [5, 5.41) is 39.9. The fraction of sp³-hybridized carbons (Fsp3) is 0.500. The molecule has 1 aromatic rings. The number of aliphatic hydroxyl groups is 3. The van der Waals surface area contributed by atoms with Gasteiger partial charge in [-0.15, -0.1) is 0 Å². The van der Waals surface area contributed by atoms with Gasteiger partial charge in [-0.25, -0.2) is 0 Å². The van der Waals surface area contributed by atoms with Crippen LogP contribution in [0.3, 0.4) is 0 Å². The molecule has 0 heterocycles. The second-order valence-corrected chi connectivity index (χ2v) is 7.76. The van der Waals surface area contributed by atoms with Crippen LogP contribution in [0.2, 0.25) is 5.02 Å². The summed E-state index contributed by atoms with van der Waals surface area (Å²) in [5.74, 6) is -0.624. The third-order valence-corrected chi connectivity index (χ3v) is 5.29. The molecule has 0 bridgehead atoms. The first kappa shape index (κ1) is 23.4. The lowest BCUT2D eigenvalue weighted by molar-refractivity contribution is -0.137. The Labute approximate surface area is 176 Å². The average Bonchev–Trinajstić information content (AvgIpc) is 2.94. The Morgan fingerprint density at radius 1 is 1.21 bits per heavy atom. The third-order valence-electron chi connectivity index (χ3n) is 5.04. The molecule has 1 aliphatic rings. The highest BCUT2D eigenvalue weighted by atomic mass is 35.5. The van der Waals surface area contributed by atoms with Crippen molar-refractivity contribution in [3.63, 3.8) is 0 Å². The summed E-state index contributed by atoms with van der Waals surface area (Å²) in [7, 11) is 0. The SMILES string of the molecule is O=C(O)CCC/C=C\C[C@@H]1[C@@H](/C=C/[C@@H](O)COc2ccc(Cl)cc2)[C@H](O)C[C@@H]1O.